The van der Waals surface area contributed by atoms with Crippen molar-refractivity contribution in [1.82, 2.24) is 14.4 Å². The maximum atomic E-state index is 11.5. The van der Waals surface area contributed by atoms with Crippen molar-refractivity contribution in [2.45, 2.75) is 43.9 Å². The molecule has 2 aliphatic carbocycles. The molecule has 0 aromatic carbocycles. The van der Waals surface area contributed by atoms with Gasteiger partial charge in [-0.05, 0) is 37.5 Å². The van der Waals surface area contributed by atoms with Crippen LogP contribution in [0, 0.1) is 5.41 Å². The van der Waals surface area contributed by atoms with E-state index in [2.05, 4.69) is 10.5 Å². The molecule has 7 nitrogen and oxygen atoms in total. The van der Waals surface area contributed by atoms with Crippen LogP contribution >= 0.6 is 11.3 Å². The molecule has 2 saturated carbocycles. The SMILES string of the molecule is NS(=O)(=O)N1CCC2(CC1)C[C@H]2c1csc(-c2conc2C2CC2)n1. The molecule has 25 heavy (non-hydrogen) atoms. The van der Waals surface area contributed by atoms with Gasteiger partial charge in [0.15, 0.2) is 0 Å². The highest BCUT2D eigenvalue weighted by Crippen LogP contribution is 2.65. The fraction of sp³-hybridized carbons (Fsp3) is 0.625. The molecule has 2 aromatic heterocycles. The normalized spacial score (nSPS) is 26.2. The highest BCUT2D eigenvalue weighted by atomic mass is 32.2. The summed E-state index contributed by atoms with van der Waals surface area (Å²) in [4.78, 5) is 4.86. The molecule has 1 spiro atoms. The molecular formula is C16H20N4O3S2. The second-order valence-corrected chi connectivity index (χ2v) is 9.93. The van der Waals surface area contributed by atoms with Gasteiger partial charge in [-0.2, -0.15) is 12.7 Å². The summed E-state index contributed by atoms with van der Waals surface area (Å²) in [5, 5.41) is 12.5. The van der Waals surface area contributed by atoms with Crippen molar-refractivity contribution in [3.05, 3.63) is 23.0 Å². The van der Waals surface area contributed by atoms with E-state index in [9.17, 15) is 8.42 Å². The number of nitrogens with two attached hydrogens (primary N) is 1. The Labute approximate surface area is 150 Å². The fourth-order valence-electron chi connectivity index (χ4n) is 4.13. The lowest BCUT2D eigenvalue weighted by Crippen LogP contribution is -2.43. The van der Waals surface area contributed by atoms with E-state index in [4.69, 9.17) is 14.6 Å². The number of thiazole rings is 1. The zero-order chi connectivity index (χ0) is 17.2. The summed E-state index contributed by atoms with van der Waals surface area (Å²) in [6.07, 6.45) is 6.90. The Balaban J connectivity index is 1.32. The van der Waals surface area contributed by atoms with E-state index in [1.807, 2.05) is 0 Å². The van der Waals surface area contributed by atoms with Gasteiger partial charge in [0, 0.05) is 30.3 Å². The van der Waals surface area contributed by atoms with Crippen molar-refractivity contribution in [1.29, 1.82) is 0 Å². The number of rotatable bonds is 4. The first kappa shape index (κ1) is 15.9. The third-order valence-corrected chi connectivity index (χ3v) is 7.92. The minimum atomic E-state index is -3.56. The Morgan fingerprint density at radius 1 is 1.32 bits per heavy atom. The van der Waals surface area contributed by atoms with Gasteiger partial charge in [0.25, 0.3) is 10.2 Å². The predicted molar refractivity (Wildman–Crippen MR) is 93.3 cm³/mol. The quantitative estimate of drug-likeness (QED) is 0.878. The van der Waals surface area contributed by atoms with Crippen LogP contribution in [0.4, 0.5) is 0 Å². The van der Waals surface area contributed by atoms with Crippen LogP contribution < -0.4 is 5.14 Å². The highest BCUT2D eigenvalue weighted by Gasteiger charge is 2.57. The molecule has 3 heterocycles. The highest BCUT2D eigenvalue weighted by molar-refractivity contribution is 7.86. The summed E-state index contributed by atoms with van der Waals surface area (Å²) >= 11 is 1.65. The predicted octanol–water partition coefficient (Wildman–Crippen LogP) is 2.45. The number of nitrogens with zero attached hydrogens (tertiary/aromatic N) is 3. The lowest BCUT2D eigenvalue weighted by atomic mass is 9.91. The molecule has 2 aromatic rings. The largest absolute Gasteiger partial charge is 0.364 e. The van der Waals surface area contributed by atoms with E-state index in [1.165, 1.54) is 17.1 Å². The van der Waals surface area contributed by atoms with Gasteiger partial charge in [-0.15, -0.1) is 11.3 Å². The van der Waals surface area contributed by atoms with Gasteiger partial charge in [-0.25, -0.2) is 10.1 Å². The second kappa shape index (κ2) is 5.35. The molecule has 0 amide bonds. The number of hydrogen-bond acceptors (Lipinski definition) is 6. The Kier molecular flexibility index (Phi) is 3.41. The smallest absolute Gasteiger partial charge is 0.276 e. The molecule has 1 aliphatic heterocycles. The molecule has 0 unspecified atom stereocenters. The van der Waals surface area contributed by atoms with Gasteiger partial charge in [0.05, 0.1) is 17.0 Å². The van der Waals surface area contributed by atoms with E-state index >= 15 is 0 Å². The van der Waals surface area contributed by atoms with Gasteiger partial charge in [0.2, 0.25) is 0 Å². The van der Waals surface area contributed by atoms with E-state index in [0.29, 0.717) is 24.9 Å². The number of aromatic nitrogens is 2. The van der Waals surface area contributed by atoms with E-state index in [1.54, 1.807) is 17.6 Å². The molecule has 0 bridgehead atoms. The van der Waals surface area contributed by atoms with Crippen LogP contribution in [-0.4, -0.2) is 36.0 Å². The first-order chi connectivity index (χ1) is 12.0. The van der Waals surface area contributed by atoms with Gasteiger partial charge >= 0.3 is 0 Å². The van der Waals surface area contributed by atoms with Crippen molar-refractivity contribution in [3.8, 4) is 10.6 Å². The minimum absolute atomic E-state index is 0.209. The zero-order valence-corrected chi connectivity index (χ0v) is 15.4. The Bertz CT molecular complexity index is 907. The molecule has 134 valence electrons. The zero-order valence-electron chi connectivity index (χ0n) is 13.7. The Morgan fingerprint density at radius 2 is 2.08 bits per heavy atom. The molecule has 3 aliphatic rings. The van der Waals surface area contributed by atoms with Gasteiger partial charge < -0.3 is 4.52 Å². The van der Waals surface area contributed by atoms with E-state index in [-0.39, 0.29) is 5.41 Å². The second-order valence-electron chi connectivity index (χ2n) is 7.53. The molecule has 9 heteroatoms. The average molecular weight is 380 g/mol. The summed E-state index contributed by atoms with van der Waals surface area (Å²) in [5.41, 5.74) is 3.43. The van der Waals surface area contributed by atoms with Gasteiger partial charge in [0.1, 0.15) is 11.3 Å². The molecule has 3 fully saturated rings. The van der Waals surface area contributed by atoms with Crippen LogP contribution in [0.5, 0.6) is 0 Å². The first-order valence-corrected chi connectivity index (χ1v) is 11.0. The summed E-state index contributed by atoms with van der Waals surface area (Å²) in [7, 11) is -3.56. The summed E-state index contributed by atoms with van der Waals surface area (Å²) in [5.74, 6) is 0.972. The molecule has 0 radical (unpaired) electrons. The van der Waals surface area contributed by atoms with Crippen molar-refractivity contribution >= 4 is 21.5 Å². The summed E-state index contributed by atoms with van der Waals surface area (Å²) in [6, 6.07) is 0. The first-order valence-electron chi connectivity index (χ1n) is 8.64. The van der Waals surface area contributed by atoms with E-state index in [0.717, 1.165) is 41.2 Å². The van der Waals surface area contributed by atoms with Crippen molar-refractivity contribution in [2.24, 2.45) is 10.6 Å². The van der Waals surface area contributed by atoms with Crippen LogP contribution in [0.2, 0.25) is 0 Å². The molecule has 1 saturated heterocycles. The molecule has 1 atom stereocenters. The molecule has 2 N–H and O–H groups in total. The Morgan fingerprint density at radius 3 is 2.76 bits per heavy atom. The molecular weight excluding hydrogens is 360 g/mol. The monoisotopic (exact) mass is 380 g/mol. The lowest BCUT2D eigenvalue weighted by molar-refractivity contribution is 0.251. The standard InChI is InChI=1S/C16H20N4O3S2/c17-25(21,22)20-5-3-16(4-6-20)7-12(16)13-9-24-15(18-13)11-8-23-19-14(11)10-1-2-10/h8-10,12H,1-7H2,(H2,17,21,22)/t12-/m0/s1. The summed E-state index contributed by atoms with van der Waals surface area (Å²) in [6.45, 7) is 1.04. The van der Waals surface area contributed by atoms with Crippen LogP contribution in [0.25, 0.3) is 10.6 Å². The third kappa shape index (κ3) is 2.73. The van der Waals surface area contributed by atoms with Crippen molar-refractivity contribution < 1.29 is 12.9 Å². The fourth-order valence-corrected chi connectivity index (χ4v) is 5.71. The maximum absolute atomic E-state index is 11.5. The van der Waals surface area contributed by atoms with Crippen molar-refractivity contribution in [2.75, 3.05) is 13.1 Å². The summed E-state index contributed by atoms with van der Waals surface area (Å²) < 4.78 is 29.5. The third-order valence-electron chi connectivity index (χ3n) is 5.94. The number of hydrogen-bond donors (Lipinski definition) is 1. The molecule has 5 rings (SSSR count). The van der Waals surface area contributed by atoms with Crippen molar-refractivity contribution in [3.63, 3.8) is 0 Å². The average Bonchev–Trinajstić information content (AvgIpc) is 3.41. The van der Waals surface area contributed by atoms with Crippen LogP contribution in [0.3, 0.4) is 0 Å². The number of piperidine rings is 1. The van der Waals surface area contributed by atoms with Gasteiger partial charge in [-0.3, -0.25) is 0 Å². The van der Waals surface area contributed by atoms with Gasteiger partial charge in [-0.1, -0.05) is 5.16 Å². The van der Waals surface area contributed by atoms with Crippen LogP contribution in [0.15, 0.2) is 16.2 Å². The van der Waals surface area contributed by atoms with Crippen LogP contribution in [-0.2, 0) is 10.2 Å². The minimum Gasteiger partial charge on any atom is -0.364 e. The maximum Gasteiger partial charge on any atom is 0.276 e. The van der Waals surface area contributed by atoms with E-state index < -0.39 is 10.2 Å². The topological polar surface area (TPSA) is 102 Å². The van der Waals surface area contributed by atoms with Crippen LogP contribution in [0.1, 0.15) is 55.3 Å². The Hall–Kier alpha value is -1.29. The lowest BCUT2D eigenvalue weighted by Gasteiger charge is -2.30.